The van der Waals surface area contributed by atoms with Crippen molar-refractivity contribution in [1.29, 1.82) is 0 Å². The van der Waals surface area contributed by atoms with E-state index in [1.54, 1.807) is 0 Å². The third kappa shape index (κ3) is 0.815. The normalized spacial score (nSPS) is 31.8. The van der Waals surface area contributed by atoms with Crippen LogP contribution >= 0.6 is 7.92 Å². The third-order valence-corrected chi connectivity index (χ3v) is 2.69. The van der Waals surface area contributed by atoms with Gasteiger partial charge in [-0.3, -0.25) is 0 Å². The predicted molar refractivity (Wildman–Crippen MR) is 31.5 cm³/mol. The van der Waals surface area contributed by atoms with Crippen LogP contribution in [0.15, 0.2) is 11.9 Å². The fourth-order valence-electron chi connectivity index (χ4n) is 0.607. The smallest absolute Gasteiger partial charge is 0.0259 e. The summed E-state index contributed by atoms with van der Waals surface area (Å²) in [5.74, 6) is 2.34. The molecule has 0 radical (unpaired) electrons. The van der Waals surface area contributed by atoms with E-state index in [9.17, 15) is 0 Å². The molecule has 0 bridgehead atoms. The van der Waals surface area contributed by atoms with E-state index in [4.69, 9.17) is 0 Å². The van der Waals surface area contributed by atoms with Gasteiger partial charge in [-0.25, -0.2) is 0 Å². The van der Waals surface area contributed by atoms with Gasteiger partial charge in [-0.2, -0.15) is 0 Å². The van der Waals surface area contributed by atoms with E-state index in [1.165, 1.54) is 12.6 Å². The highest BCUT2D eigenvalue weighted by atomic mass is 31.1. The maximum absolute atomic E-state index is 2.34. The third-order valence-electron chi connectivity index (χ3n) is 1.01. The summed E-state index contributed by atoms with van der Waals surface area (Å²) in [7, 11) is 0.354. The summed E-state index contributed by atoms with van der Waals surface area (Å²) in [4.78, 5) is 0. The molecule has 0 fully saturated rings. The largest absolute Gasteiger partial charge is 0.0865 e. The van der Waals surface area contributed by atoms with Crippen molar-refractivity contribution in [3.63, 3.8) is 0 Å². The zero-order chi connectivity index (χ0) is 4.41. The fourth-order valence-corrected chi connectivity index (χ4v) is 1.82. The van der Waals surface area contributed by atoms with Gasteiger partial charge in [0.25, 0.3) is 0 Å². The lowest BCUT2D eigenvalue weighted by Gasteiger charge is -1.91. The van der Waals surface area contributed by atoms with Crippen molar-refractivity contribution < 1.29 is 0 Å². The van der Waals surface area contributed by atoms with Crippen LogP contribution in [0, 0.1) is 0 Å². The van der Waals surface area contributed by atoms with E-state index in [1.807, 2.05) is 0 Å². The van der Waals surface area contributed by atoms with Gasteiger partial charge in [0, 0.05) is 0 Å². The average molecular weight is 100 g/mol. The van der Waals surface area contributed by atoms with Gasteiger partial charge < -0.3 is 0 Å². The minimum Gasteiger partial charge on any atom is -0.0865 e. The summed E-state index contributed by atoms with van der Waals surface area (Å²) in [6, 6.07) is 0. The molecule has 0 aliphatic carbocycles. The van der Waals surface area contributed by atoms with Crippen LogP contribution in [0.2, 0.25) is 0 Å². The molecular weight excluding hydrogens is 91.0 g/mol. The molecule has 0 nitrogen and oxygen atoms in total. The van der Waals surface area contributed by atoms with E-state index >= 15 is 0 Å². The van der Waals surface area contributed by atoms with Gasteiger partial charge in [0.1, 0.15) is 0 Å². The van der Waals surface area contributed by atoms with Crippen molar-refractivity contribution in [2.45, 2.75) is 6.42 Å². The highest BCUT2D eigenvalue weighted by Gasteiger charge is 1.98. The minimum atomic E-state index is 0.354. The molecular formula is C5H9P. The SMILES string of the molecule is CP1C=CCC1. The molecule has 34 valence electrons. The number of hydrogen-bond donors (Lipinski definition) is 0. The van der Waals surface area contributed by atoms with Gasteiger partial charge in [0.2, 0.25) is 0 Å². The lowest BCUT2D eigenvalue weighted by atomic mass is 10.5. The van der Waals surface area contributed by atoms with Gasteiger partial charge in [-0.15, -0.1) is 0 Å². The maximum Gasteiger partial charge on any atom is -0.0259 e. The van der Waals surface area contributed by atoms with Crippen molar-refractivity contribution >= 4 is 7.92 Å². The van der Waals surface area contributed by atoms with Crippen LogP contribution in [-0.4, -0.2) is 12.8 Å². The van der Waals surface area contributed by atoms with Gasteiger partial charge in [0.15, 0.2) is 0 Å². The molecule has 1 atom stereocenters. The molecule has 0 aromatic rings. The summed E-state index contributed by atoms with van der Waals surface area (Å²) in [5.41, 5.74) is 0. The Morgan fingerprint density at radius 2 is 2.50 bits per heavy atom. The second kappa shape index (κ2) is 1.75. The summed E-state index contributed by atoms with van der Waals surface area (Å²) in [6.45, 7) is 2.32. The summed E-state index contributed by atoms with van der Waals surface area (Å²) < 4.78 is 0. The van der Waals surface area contributed by atoms with Crippen LogP contribution < -0.4 is 0 Å². The Labute approximate surface area is 40.0 Å². The van der Waals surface area contributed by atoms with Crippen LogP contribution in [0.4, 0.5) is 0 Å². The van der Waals surface area contributed by atoms with Crippen LogP contribution in [0.5, 0.6) is 0 Å². The minimum absolute atomic E-state index is 0.354. The fraction of sp³-hybridized carbons (Fsp3) is 0.600. The number of hydrogen-bond acceptors (Lipinski definition) is 0. The van der Waals surface area contributed by atoms with E-state index < -0.39 is 0 Å². The van der Waals surface area contributed by atoms with Crippen molar-refractivity contribution in [2.75, 3.05) is 12.8 Å². The Morgan fingerprint density at radius 1 is 1.67 bits per heavy atom. The molecule has 0 amide bonds. The standard InChI is InChI=1S/C5H9P/c1-6-4-2-3-5-6/h2,4H,3,5H2,1H3. The Bertz CT molecular complexity index is 66.3. The van der Waals surface area contributed by atoms with E-state index in [2.05, 4.69) is 18.6 Å². The Hall–Kier alpha value is 0.170. The molecule has 0 N–H and O–H groups in total. The molecule has 1 aliphatic rings. The van der Waals surface area contributed by atoms with Crippen LogP contribution in [0.3, 0.4) is 0 Å². The van der Waals surface area contributed by atoms with Gasteiger partial charge in [-0.1, -0.05) is 19.8 Å². The monoisotopic (exact) mass is 100 g/mol. The van der Waals surface area contributed by atoms with E-state index in [0.717, 1.165) is 0 Å². The lowest BCUT2D eigenvalue weighted by molar-refractivity contribution is 1.27. The first-order valence-corrected chi connectivity index (χ1v) is 4.31. The topological polar surface area (TPSA) is 0 Å². The molecule has 0 aromatic heterocycles. The summed E-state index contributed by atoms with van der Waals surface area (Å²) >= 11 is 0. The van der Waals surface area contributed by atoms with Crippen molar-refractivity contribution in [1.82, 2.24) is 0 Å². The highest BCUT2D eigenvalue weighted by Crippen LogP contribution is 2.37. The number of rotatable bonds is 0. The van der Waals surface area contributed by atoms with Crippen molar-refractivity contribution in [3.8, 4) is 0 Å². The zero-order valence-corrected chi connectivity index (χ0v) is 4.91. The number of allylic oxidation sites excluding steroid dienone is 1. The molecule has 1 rings (SSSR count). The first kappa shape index (κ1) is 4.33. The first-order valence-electron chi connectivity index (χ1n) is 2.26. The molecule has 0 saturated carbocycles. The van der Waals surface area contributed by atoms with Crippen LogP contribution in [0.1, 0.15) is 6.42 Å². The van der Waals surface area contributed by atoms with Crippen molar-refractivity contribution in [2.24, 2.45) is 0 Å². The molecule has 0 saturated heterocycles. The average Bonchev–Trinajstić information content (AvgIpc) is 1.86. The Morgan fingerprint density at radius 3 is 2.67 bits per heavy atom. The van der Waals surface area contributed by atoms with Crippen LogP contribution in [-0.2, 0) is 0 Å². The van der Waals surface area contributed by atoms with Gasteiger partial charge in [0.05, 0.1) is 0 Å². The molecule has 1 unspecified atom stereocenters. The van der Waals surface area contributed by atoms with E-state index in [0.29, 0.717) is 7.92 Å². The first-order chi connectivity index (χ1) is 2.89. The molecule has 1 aliphatic heterocycles. The quantitative estimate of drug-likeness (QED) is 0.408. The summed E-state index contributed by atoms with van der Waals surface area (Å²) in [5, 5.41) is 0. The molecule has 0 spiro atoms. The predicted octanol–water partition coefficient (Wildman–Crippen LogP) is 2.02. The molecule has 0 aromatic carbocycles. The zero-order valence-electron chi connectivity index (χ0n) is 4.02. The summed E-state index contributed by atoms with van der Waals surface area (Å²) in [6.07, 6.45) is 5.06. The second-order valence-corrected chi connectivity index (χ2v) is 3.91. The van der Waals surface area contributed by atoms with E-state index in [-0.39, 0.29) is 0 Å². The molecule has 6 heavy (non-hydrogen) atoms. The Balaban J connectivity index is 2.38. The highest BCUT2D eigenvalue weighted by molar-refractivity contribution is 7.60. The molecule has 1 heterocycles. The van der Waals surface area contributed by atoms with Gasteiger partial charge >= 0.3 is 0 Å². The lowest BCUT2D eigenvalue weighted by Crippen LogP contribution is -1.64. The van der Waals surface area contributed by atoms with Crippen molar-refractivity contribution in [3.05, 3.63) is 11.9 Å². The maximum atomic E-state index is 2.34. The molecule has 1 heteroatoms. The second-order valence-electron chi connectivity index (χ2n) is 1.65. The van der Waals surface area contributed by atoms with Gasteiger partial charge in [-0.05, 0) is 19.2 Å². The van der Waals surface area contributed by atoms with Crippen LogP contribution in [0.25, 0.3) is 0 Å². The Kier molecular flexibility index (Phi) is 1.26.